The van der Waals surface area contributed by atoms with E-state index in [9.17, 15) is 0 Å². The van der Waals surface area contributed by atoms with Crippen LogP contribution >= 0.6 is 11.6 Å². The van der Waals surface area contributed by atoms with Gasteiger partial charge < -0.3 is 4.74 Å². The number of nitrogens with zero attached hydrogens (tertiary/aromatic N) is 1. The molecule has 2 nitrogen and oxygen atoms in total. The minimum atomic E-state index is 0.305. The largest absolute Gasteiger partial charge is 0.490 e. The monoisotopic (exact) mass is 235 g/mol. The van der Waals surface area contributed by atoms with E-state index < -0.39 is 0 Å². The molecule has 1 saturated carbocycles. The van der Waals surface area contributed by atoms with E-state index in [1.165, 1.54) is 6.42 Å². The van der Waals surface area contributed by atoms with Gasteiger partial charge in [0.15, 0.2) is 0 Å². The second kappa shape index (κ2) is 4.76. The molecule has 1 aromatic rings. The van der Waals surface area contributed by atoms with Crippen LogP contribution in [0.15, 0.2) is 18.2 Å². The molecule has 0 spiro atoms. The number of benzene rings is 1. The third-order valence-corrected chi connectivity index (χ3v) is 3.32. The van der Waals surface area contributed by atoms with Crippen LogP contribution in [0.25, 0.3) is 0 Å². The van der Waals surface area contributed by atoms with Crippen molar-refractivity contribution in [2.75, 3.05) is 0 Å². The zero-order valence-corrected chi connectivity index (χ0v) is 10.00. The van der Waals surface area contributed by atoms with Crippen molar-refractivity contribution < 1.29 is 4.74 Å². The maximum Gasteiger partial charge on any atom is 0.121 e. The number of rotatable bonds is 2. The molecule has 0 saturated heterocycles. The molecule has 1 fully saturated rings. The Morgan fingerprint density at radius 2 is 2.25 bits per heavy atom. The molecule has 1 aliphatic carbocycles. The Hall–Kier alpha value is -1.20. The molecule has 84 valence electrons. The van der Waals surface area contributed by atoms with Crippen LogP contribution < -0.4 is 4.74 Å². The quantitative estimate of drug-likeness (QED) is 0.782. The topological polar surface area (TPSA) is 33.0 Å². The minimum Gasteiger partial charge on any atom is -0.490 e. The Balaban J connectivity index is 2.05. The van der Waals surface area contributed by atoms with Gasteiger partial charge in [0.05, 0.1) is 16.7 Å². The van der Waals surface area contributed by atoms with Gasteiger partial charge in [0, 0.05) is 6.07 Å². The van der Waals surface area contributed by atoms with Crippen molar-refractivity contribution in [2.45, 2.75) is 32.3 Å². The third kappa shape index (κ3) is 2.48. The first-order valence-electron chi connectivity index (χ1n) is 5.55. The Bertz CT molecular complexity index is 424. The van der Waals surface area contributed by atoms with Crippen LogP contribution in [0.4, 0.5) is 0 Å². The number of hydrogen-bond acceptors (Lipinski definition) is 2. The average molecular weight is 236 g/mol. The predicted octanol–water partition coefficient (Wildman–Crippen LogP) is 3.78. The molecule has 0 radical (unpaired) electrons. The summed E-state index contributed by atoms with van der Waals surface area (Å²) in [5, 5.41) is 9.22. The maximum atomic E-state index is 8.75. The molecule has 2 rings (SSSR count). The normalized spacial score (nSPS) is 24.1. The van der Waals surface area contributed by atoms with Crippen LogP contribution in [0.5, 0.6) is 5.75 Å². The van der Waals surface area contributed by atoms with Crippen molar-refractivity contribution in [3.8, 4) is 11.8 Å². The summed E-state index contributed by atoms with van der Waals surface area (Å²) in [4.78, 5) is 0. The number of hydrogen-bond donors (Lipinski definition) is 0. The summed E-state index contributed by atoms with van der Waals surface area (Å²) in [6.07, 6.45) is 3.75. The van der Waals surface area contributed by atoms with E-state index in [4.69, 9.17) is 21.6 Å². The fraction of sp³-hybridized carbons (Fsp3) is 0.462. The van der Waals surface area contributed by atoms with Crippen molar-refractivity contribution in [2.24, 2.45) is 5.92 Å². The zero-order chi connectivity index (χ0) is 11.5. The fourth-order valence-corrected chi connectivity index (χ4v) is 2.33. The second-order valence-corrected chi connectivity index (χ2v) is 4.82. The molecule has 0 aromatic heterocycles. The first-order chi connectivity index (χ1) is 7.69. The second-order valence-electron chi connectivity index (χ2n) is 4.41. The van der Waals surface area contributed by atoms with Gasteiger partial charge in [-0.05, 0) is 37.3 Å². The summed E-state index contributed by atoms with van der Waals surface area (Å²) < 4.78 is 5.83. The van der Waals surface area contributed by atoms with E-state index in [-0.39, 0.29) is 0 Å². The van der Waals surface area contributed by atoms with Gasteiger partial charge in [-0.25, -0.2) is 0 Å². The highest BCUT2D eigenvalue weighted by Gasteiger charge is 2.22. The molecule has 0 amide bonds. The first kappa shape index (κ1) is 11.3. The number of nitriles is 1. The molecule has 0 aliphatic heterocycles. The SMILES string of the molecule is C[C@H]1CC[C@@H](Oc2ccc(C#N)c(Cl)c2)C1. The smallest absolute Gasteiger partial charge is 0.121 e. The lowest BCUT2D eigenvalue weighted by molar-refractivity contribution is 0.205. The highest BCUT2D eigenvalue weighted by Crippen LogP contribution is 2.30. The summed E-state index contributed by atoms with van der Waals surface area (Å²) in [6, 6.07) is 7.28. The van der Waals surface area contributed by atoms with E-state index in [2.05, 4.69) is 6.92 Å². The molecule has 0 bridgehead atoms. The Kier molecular flexibility index (Phi) is 3.36. The van der Waals surface area contributed by atoms with Gasteiger partial charge in [-0.1, -0.05) is 18.5 Å². The summed E-state index contributed by atoms with van der Waals surface area (Å²) in [6.45, 7) is 2.25. The van der Waals surface area contributed by atoms with Gasteiger partial charge in [0.25, 0.3) is 0 Å². The van der Waals surface area contributed by atoms with Crippen molar-refractivity contribution in [3.63, 3.8) is 0 Å². The molecular formula is C13H14ClNO. The molecule has 1 aliphatic rings. The summed E-state index contributed by atoms with van der Waals surface area (Å²) >= 11 is 5.94. The molecule has 16 heavy (non-hydrogen) atoms. The van der Waals surface area contributed by atoms with Gasteiger partial charge in [-0.2, -0.15) is 5.26 Å². The van der Waals surface area contributed by atoms with E-state index in [1.54, 1.807) is 12.1 Å². The highest BCUT2D eigenvalue weighted by atomic mass is 35.5. The molecule has 3 heteroatoms. The molecule has 1 aromatic carbocycles. The van der Waals surface area contributed by atoms with Gasteiger partial charge in [0.2, 0.25) is 0 Å². The first-order valence-corrected chi connectivity index (χ1v) is 5.93. The maximum absolute atomic E-state index is 8.75. The third-order valence-electron chi connectivity index (χ3n) is 3.01. The average Bonchev–Trinajstić information content (AvgIpc) is 2.64. The van der Waals surface area contributed by atoms with Crippen LogP contribution in [0.1, 0.15) is 31.7 Å². The van der Waals surface area contributed by atoms with E-state index in [0.717, 1.165) is 24.5 Å². The number of ether oxygens (including phenoxy) is 1. The van der Waals surface area contributed by atoms with Crippen molar-refractivity contribution in [1.29, 1.82) is 5.26 Å². The Morgan fingerprint density at radius 1 is 1.44 bits per heavy atom. The van der Waals surface area contributed by atoms with Gasteiger partial charge >= 0.3 is 0 Å². The molecule has 0 heterocycles. The van der Waals surface area contributed by atoms with Crippen LogP contribution in [0.2, 0.25) is 5.02 Å². The lowest BCUT2D eigenvalue weighted by atomic mass is 10.1. The van der Waals surface area contributed by atoms with Crippen LogP contribution in [0.3, 0.4) is 0 Å². The molecular weight excluding hydrogens is 222 g/mol. The highest BCUT2D eigenvalue weighted by molar-refractivity contribution is 6.31. The van der Waals surface area contributed by atoms with E-state index >= 15 is 0 Å². The standard InChI is InChI=1S/C13H14ClNO/c1-9-2-4-11(6-9)16-12-5-3-10(8-15)13(14)7-12/h3,5,7,9,11H,2,4,6H2,1H3/t9-,11+/m0/s1. The van der Waals surface area contributed by atoms with Crippen LogP contribution in [0, 0.1) is 17.2 Å². The molecule has 2 atom stereocenters. The molecule has 0 unspecified atom stereocenters. The minimum absolute atomic E-state index is 0.305. The number of halogens is 1. The van der Waals surface area contributed by atoms with E-state index in [1.807, 2.05) is 12.1 Å². The summed E-state index contributed by atoms with van der Waals surface area (Å²) in [7, 11) is 0. The summed E-state index contributed by atoms with van der Waals surface area (Å²) in [5.41, 5.74) is 0.494. The van der Waals surface area contributed by atoms with Crippen molar-refractivity contribution in [3.05, 3.63) is 28.8 Å². The Labute approximate surface area is 101 Å². The fourth-order valence-electron chi connectivity index (χ4n) is 2.11. The lowest BCUT2D eigenvalue weighted by Gasteiger charge is -2.13. The summed E-state index contributed by atoms with van der Waals surface area (Å²) in [5.74, 6) is 1.52. The Morgan fingerprint density at radius 3 is 2.81 bits per heavy atom. The van der Waals surface area contributed by atoms with Gasteiger partial charge in [-0.3, -0.25) is 0 Å². The van der Waals surface area contributed by atoms with Gasteiger partial charge in [0.1, 0.15) is 11.8 Å². The van der Waals surface area contributed by atoms with Gasteiger partial charge in [-0.15, -0.1) is 0 Å². The molecule has 0 N–H and O–H groups in total. The van der Waals surface area contributed by atoms with E-state index in [0.29, 0.717) is 16.7 Å². The van der Waals surface area contributed by atoms with Crippen molar-refractivity contribution in [1.82, 2.24) is 0 Å². The zero-order valence-electron chi connectivity index (χ0n) is 9.24. The predicted molar refractivity (Wildman–Crippen MR) is 63.6 cm³/mol. The van der Waals surface area contributed by atoms with Crippen LogP contribution in [-0.4, -0.2) is 6.10 Å². The van der Waals surface area contributed by atoms with Crippen LogP contribution in [-0.2, 0) is 0 Å². The van der Waals surface area contributed by atoms with Crippen molar-refractivity contribution >= 4 is 11.6 Å². The lowest BCUT2D eigenvalue weighted by Crippen LogP contribution is -2.11.